The third-order valence-electron chi connectivity index (χ3n) is 2.83. The van der Waals surface area contributed by atoms with Crippen molar-refractivity contribution in [2.45, 2.75) is 32.9 Å². The standard InChI is InChI=1S/C13H17F3N4S/c1-3-8-7-9-10(18-6-5-13(14,15)16)19-12(17-4-2)20-11(9)21-8/h7H,3-6H2,1-2H3,(H2,17,18,19,20). The van der Waals surface area contributed by atoms with E-state index < -0.39 is 12.6 Å². The van der Waals surface area contributed by atoms with Gasteiger partial charge in [-0.15, -0.1) is 11.3 Å². The molecule has 116 valence electrons. The lowest BCUT2D eigenvalue weighted by molar-refractivity contribution is -0.131. The van der Waals surface area contributed by atoms with Gasteiger partial charge in [-0.2, -0.15) is 18.2 Å². The first-order chi connectivity index (χ1) is 9.93. The van der Waals surface area contributed by atoms with Crippen molar-refractivity contribution >= 4 is 33.3 Å². The van der Waals surface area contributed by atoms with Crippen molar-refractivity contribution in [3.05, 3.63) is 10.9 Å². The molecule has 2 N–H and O–H groups in total. The third-order valence-corrected chi connectivity index (χ3v) is 4.00. The van der Waals surface area contributed by atoms with E-state index >= 15 is 0 Å². The van der Waals surface area contributed by atoms with Gasteiger partial charge in [-0.1, -0.05) is 6.92 Å². The van der Waals surface area contributed by atoms with Crippen LogP contribution in [0.4, 0.5) is 24.9 Å². The van der Waals surface area contributed by atoms with E-state index in [9.17, 15) is 13.2 Å². The number of alkyl halides is 3. The number of hydrogen-bond acceptors (Lipinski definition) is 5. The van der Waals surface area contributed by atoms with Gasteiger partial charge in [-0.3, -0.25) is 0 Å². The number of nitrogens with one attached hydrogen (secondary N) is 2. The molecule has 0 amide bonds. The van der Waals surface area contributed by atoms with E-state index in [0.29, 0.717) is 18.3 Å². The van der Waals surface area contributed by atoms with E-state index in [0.717, 1.165) is 21.5 Å². The molecule has 2 rings (SSSR count). The zero-order valence-electron chi connectivity index (χ0n) is 11.8. The van der Waals surface area contributed by atoms with Crippen molar-refractivity contribution in [2.75, 3.05) is 23.7 Å². The van der Waals surface area contributed by atoms with Crippen LogP contribution in [0.5, 0.6) is 0 Å². The Morgan fingerprint density at radius 1 is 1.19 bits per heavy atom. The molecule has 0 spiro atoms. The maximum atomic E-state index is 12.2. The molecular formula is C13H17F3N4S. The highest BCUT2D eigenvalue weighted by Crippen LogP contribution is 2.30. The quantitative estimate of drug-likeness (QED) is 0.843. The molecule has 21 heavy (non-hydrogen) atoms. The van der Waals surface area contributed by atoms with Gasteiger partial charge in [0.1, 0.15) is 10.6 Å². The third kappa shape index (κ3) is 4.20. The predicted molar refractivity (Wildman–Crippen MR) is 80.1 cm³/mol. The minimum atomic E-state index is -4.17. The summed E-state index contributed by atoms with van der Waals surface area (Å²) in [7, 11) is 0. The highest BCUT2D eigenvalue weighted by Gasteiger charge is 2.26. The highest BCUT2D eigenvalue weighted by atomic mass is 32.1. The second-order valence-corrected chi connectivity index (χ2v) is 5.62. The summed E-state index contributed by atoms with van der Waals surface area (Å²) in [5.74, 6) is 0.889. The number of rotatable bonds is 6. The molecule has 0 atom stereocenters. The molecular weight excluding hydrogens is 301 g/mol. The molecule has 4 nitrogen and oxygen atoms in total. The summed E-state index contributed by atoms with van der Waals surface area (Å²) in [5.41, 5.74) is 0. The van der Waals surface area contributed by atoms with Crippen LogP contribution in [0, 0.1) is 0 Å². The van der Waals surface area contributed by atoms with Gasteiger partial charge in [0, 0.05) is 18.0 Å². The fourth-order valence-electron chi connectivity index (χ4n) is 1.84. The monoisotopic (exact) mass is 318 g/mol. The van der Waals surface area contributed by atoms with Crippen LogP contribution in [0.3, 0.4) is 0 Å². The van der Waals surface area contributed by atoms with Gasteiger partial charge in [-0.25, -0.2) is 4.98 Å². The van der Waals surface area contributed by atoms with E-state index in [1.54, 1.807) is 0 Å². The summed E-state index contributed by atoms with van der Waals surface area (Å²) in [5, 5.41) is 6.55. The van der Waals surface area contributed by atoms with Crippen LogP contribution < -0.4 is 10.6 Å². The zero-order chi connectivity index (χ0) is 15.5. The van der Waals surface area contributed by atoms with Crippen LogP contribution in [-0.2, 0) is 6.42 Å². The number of aryl methyl sites for hydroxylation is 1. The van der Waals surface area contributed by atoms with Gasteiger partial charge >= 0.3 is 6.18 Å². The van der Waals surface area contributed by atoms with E-state index in [1.807, 2.05) is 19.9 Å². The lowest BCUT2D eigenvalue weighted by Gasteiger charge is -2.10. The number of halogens is 3. The Bertz CT molecular complexity index is 609. The van der Waals surface area contributed by atoms with Crippen molar-refractivity contribution in [1.29, 1.82) is 0 Å². The average Bonchev–Trinajstić information content (AvgIpc) is 2.81. The first-order valence-corrected chi connectivity index (χ1v) is 7.59. The number of aromatic nitrogens is 2. The Morgan fingerprint density at radius 3 is 2.57 bits per heavy atom. The topological polar surface area (TPSA) is 49.8 Å². The molecule has 0 aliphatic carbocycles. The number of thiophene rings is 1. The first kappa shape index (κ1) is 15.8. The molecule has 0 fully saturated rings. The summed E-state index contributed by atoms with van der Waals surface area (Å²) in [6.07, 6.45) is -4.20. The van der Waals surface area contributed by atoms with Crippen molar-refractivity contribution in [3.63, 3.8) is 0 Å². The Morgan fingerprint density at radius 2 is 1.95 bits per heavy atom. The Hall–Kier alpha value is -1.57. The summed E-state index contributed by atoms with van der Waals surface area (Å²) in [6.45, 7) is 4.40. The van der Waals surface area contributed by atoms with Gasteiger partial charge in [0.15, 0.2) is 0 Å². The second-order valence-electron chi connectivity index (χ2n) is 4.50. The van der Waals surface area contributed by atoms with Gasteiger partial charge in [-0.05, 0) is 19.4 Å². The van der Waals surface area contributed by atoms with Crippen molar-refractivity contribution in [3.8, 4) is 0 Å². The largest absolute Gasteiger partial charge is 0.390 e. The van der Waals surface area contributed by atoms with E-state index in [4.69, 9.17) is 0 Å². The number of anilines is 2. The maximum Gasteiger partial charge on any atom is 0.390 e. The predicted octanol–water partition coefficient (Wildman–Crippen LogP) is 4.05. The number of hydrogen-bond donors (Lipinski definition) is 2. The highest BCUT2D eigenvalue weighted by molar-refractivity contribution is 7.18. The number of nitrogens with zero attached hydrogens (tertiary/aromatic N) is 2. The molecule has 0 aromatic carbocycles. The minimum absolute atomic E-state index is 0.196. The van der Waals surface area contributed by atoms with Crippen LogP contribution in [0.2, 0.25) is 0 Å². The molecule has 2 aromatic rings. The maximum absolute atomic E-state index is 12.2. The molecule has 0 aliphatic heterocycles. The van der Waals surface area contributed by atoms with Gasteiger partial charge in [0.05, 0.1) is 11.8 Å². The molecule has 0 saturated heterocycles. The molecule has 0 radical (unpaired) electrons. The van der Waals surface area contributed by atoms with Crippen molar-refractivity contribution in [2.24, 2.45) is 0 Å². The molecule has 0 unspecified atom stereocenters. The Balaban J connectivity index is 2.27. The lowest BCUT2D eigenvalue weighted by atomic mass is 10.3. The normalized spacial score (nSPS) is 11.9. The molecule has 0 saturated carbocycles. The van der Waals surface area contributed by atoms with Crippen LogP contribution >= 0.6 is 11.3 Å². The van der Waals surface area contributed by atoms with E-state index in [1.165, 1.54) is 11.3 Å². The van der Waals surface area contributed by atoms with Gasteiger partial charge in [0.2, 0.25) is 5.95 Å². The SMILES string of the molecule is CCNc1nc(NCCC(F)(F)F)c2cc(CC)sc2n1. The minimum Gasteiger partial charge on any atom is -0.369 e. The zero-order valence-corrected chi connectivity index (χ0v) is 12.7. The second kappa shape index (κ2) is 6.46. The van der Waals surface area contributed by atoms with Crippen LogP contribution in [0.25, 0.3) is 10.2 Å². The smallest absolute Gasteiger partial charge is 0.369 e. The fourth-order valence-corrected chi connectivity index (χ4v) is 2.81. The molecule has 8 heteroatoms. The number of fused-ring (bicyclic) bond motifs is 1. The molecule has 2 aromatic heterocycles. The van der Waals surface area contributed by atoms with Crippen LogP contribution in [0.1, 0.15) is 25.1 Å². The van der Waals surface area contributed by atoms with Crippen LogP contribution in [0.15, 0.2) is 6.07 Å². The first-order valence-electron chi connectivity index (χ1n) is 6.78. The van der Waals surface area contributed by atoms with Gasteiger partial charge in [0.25, 0.3) is 0 Å². The van der Waals surface area contributed by atoms with Crippen molar-refractivity contribution in [1.82, 2.24) is 9.97 Å². The van der Waals surface area contributed by atoms with E-state index in [2.05, 4.69) is 20.6 Å². The van der Waals surface area contributed by atoms with E-state index in [-0.39, 0.29) is 6.54 Å². The average molecular weight is 318 g/mol. The van der Waals surface area contributed by atoms with Gasteiger partial charge < -0.3 is 10.6 Å². The summed E-state index contributed by atoms with van der Waals surface area (Å²) in [4.78, 5) is 10.6. The van der Waals surface area contributed by atoms with Crippen molar-refractivity contribution < 1.29 is 13.2 Å². The molecule has 2 heterocycles. The molecule has 0 bridgehead atoms. The summed E-state index contributed by atoms with van der Waals surface area (Å²) >= 11 is 1.54. The van der Waals surface area contributed by atoms with Crippen LogP contribution in [-0.4, -0.2) is 29.2 Å². The fraction of sp³-hybridized carbons (Fsp3) is 0.538. The summed E-state index contributed by atoms with van der Waals surface area (Å²) in [6, 6.07) is 1.94. The Kier molecular flexibility index (Phi) is 4.87. The summed E-state index contributed by atoms with van der Waals surface area (Å²) < 4.78 is 36.7. The molecule has 0 aliphatic rings. The lowest BCUT2D eigenvalue weighted by Crippen LogP contribution is -2.15. The Labute approximate surface area is 124 Å².